The number of anilines is 1. The zero-order valence-electron chi connectivity index (χ0n) is 24.5. The molecule has 1 unspecified atom stereocenters. The third-order valence-corrected chi connectivity index (χ3v) is 8.40. The molecule has 43 heavy (non-hydrogen) atoms. The number of ether oxygens (including phenoxy) is 2. The number of hydrogen-bond donors (Lipinski definition) is 3. The predicted octanol–water partition coefficient (Wildman–Crippen LogP) is 7.30. The molecular formula is C35H35N3O4S. The number of carbonyl (C=O) groups is 1. The lowest BCUT2D eigenvalue weighted by Crippen LogP contribution is -2.20. The largest absolute Gasteiger partial charge is 0.493 e. The maximum absolute atomic E-state index is 13.2. The van der Waals surface area contributed by atoms with Crippen molar-refractivity contribution >= 4 is 34.3 Å². The van der Waals surface area contributed by atoms with Crippen molar-refractivity contribution in [3.63, 3.8) is 0 Å². The molecule has 0 saturated carbocycles. The average molecular weight is 594 g/mol. The highest BCUT2D eigenvalue weighted by atomic mass is 32.2. The lowest BCUT2D eigenvalue weighted by atomic mass is 10.0. The predicted molar refractivity (Wildman–Crippen MR) is 176 cm³/mol. The maximum Gasteiger partial charge on any atom is 0.257 e. The molecule has 0 saturated heterocycles. The lowest BCUT2D eigenvalue weighted by molar-refractivity contribution is 0.102. The Morgan fingerprint density at radius 1 is 0.907 bits per heavy atom. The van der Waals surface area contributed by atoms with E-state index in [-0.39, 0.29) is 17.4 Å². The molecule has 5 aromatic rings. The summed E-state index contributed by atoms with van der Waals surface area (Å²) in [6.07, 6.45) is 2.68. The second kappa shape index (κ2) is 14.1. The normalized spacial score (nSPS) is 11.7. The van der Waals surface area contributed by atoms with Gasteiger partial charge in [-0.3, -0.25) is 9.59 Å². The van der Waals surface area contributed by atoms with Crippen molar-refractivity contribution in [3.8, 4) is 22.6 Å². The fourth-order valence-electron chi connectivity index (χ4n) is 4.93. The molecule has 4 aromatic carbocycles. The molecule has 7 nitrogen and oxygen atoms in total. The van der Waals surface area contributed by atoms with Gasteiger partial charge in [0.15, 0.2) is 16.9 Å². The fourth-order valence-corrected chi connectivity index (χ4v) is 5.78. The van der Waals surface area contributed by atoms with Gasteiger partial charge in [-0.15, -0.1) is 11.8 Å². The number of benzene rings is 4. The van der Waals surface area contributed by atoms with Crippen LogP contribution in [-0.4, -0.2) is 37.4 Å². The van der Waals surface area contributed by atoms with Gasteiger partial charge in [0, 0.05) is 33.8 Å². The number of amides is 1. The number of pyridine rings is 1. The van der Waals surface area contributed by atoms with E-state index in [4.69, 9.17) is 9.47 Å². The van der Waals surface area contributed by atoms with Gasteiger partial charge in [0.25, 0.3) is 5.91 Å². The van der Waals surface area contributed by atoms with Gasteiger partial charge in [0.05, 0.1) is 25.3 Å². The van der Waals surface area contributed by atoms with Crippen LogP contribution < -0.4 is 25.5 Å². The summed E-state index contributed by atoms with van der Waals surface area (Å²) in [6, 6.07) is 28.7. The number of para-hydroxylation sites is 1. The topological polar surface area (TPSA) is 92.5 Å². The summed E-state index contributed by atoms with van der Waals surface area (Å²) in [6.45, 7) is 3.02. The Bertz CT molecular complexity index is 1750. The summed E-state index contributed by atoms with van der Waals surface area (Å²) in [4.78, 5) is 30.7. The zero-order valence-corrected chi connectivity index (χ0v) is 25.3. The number of carbonyl (C=O) groups excluding carboxylic acids is 1. The molecule has 1 amide bonds. The van der Waals surface area contributed by atoms with Crippen LogP contribution in [0.25, 0.3) is 22.0 Å². The zero-order chi connectivity index (χ0) is 30.2. The summed E-state index contributed by atoms with van der Waals surface area (Å²) in [7, 11) is 3.28. The van der Waals surface area contributed by atoms with E-state index in [0.717, 1.165) is 46.2 Å². The summed E-state index contributed by atoms with van der Waals surface area (Å²) < 4.78 is 10.7. The van der Waals surface area contributed by atoms with Crippen molar-refractivity contribution in [2.24, 2.45) is 0 Å². The lowest BCUT2D eigenvalue weighted by Gasteiger charge is -2.16. The number of hydrogen-bond acceptors (Lipinski definition) is 6. The number of H-pyrrole nitrogens is 1. The van der Waals surface area contributed by atoms with Crippen molar-refractivity contribution < 1.29 is 14.3 Å². The van der Waals surface area contributed by atoms with Gasteiger partial charge in [0.2, 0.25) is 0 Å². The third-order valence-electron chi connectivity index (χ3n) is 7.30. The Morgan fingerprint density at radius 2 is 1.67 bits per heavy atom. The summed E-state index contributed by atoms with van der Waals surface area (Å²) in [5, 5.41) is 7.01. The molecule has 1 atom stereocenters. The summed E-state index contributed by atoms with van der Waals surface area (Å²) in [5.74, 6) is 2.14. The number of thioether (sulfide) groups is 1. The van der Waals surface area contributed by atoms with E-state index in [2.05, 4.69) is 28.6 Å². The molecule has 0 spiro atoms. The number of fused-ring (bicyclic) bond motifs is 1. The van der Waals surface area contributed by atoms with Crippen LogP contribution in [0.3, 0.4) is 0 Å². The second-order valence-electron chi connectivity index (χ2n) is 10.1. The average Bonchev–Trinajstić information content (AvgIpc) is 3.05. The van der Waals surface area contributed by atoms with Gasteiger partial charge in [0.1, 0.15) is 0 Å². The summed E-state index contributed by atoms with van der Waals surface area (Å²) >= 11 is 1.78. The molecule has 0 fully saturated rings. The molecule has 8 heteroatoms. The Balaban J connectivity index is 1.13. The van der Waals surface area contributed by atoms with Crippen LogP contribution in [0.15, 0.2) is 107 Å². The molecule has 0 aliphatic rings. The fraction of sp³-hybridized carbons (Fsp3) is 0.200. The molecule has 5 rings (SSSR count). The summed E-state index contributed by atoms with van der Waals surface area (Å²) in [5.41, 5.74) is 4.07. The molecule has 3 N–H and O–H groups in total. The van der Waals surface area contributed by atoms with Crippen molar-refractivity contribution in [1.82, 2.24) is 10.3 Å². The highest BCUT2D eigenvalue weighted by Crippen LogP contribution is 2.30. The Morgan fingerprint density at radius 3 is 2.42 bits per heavy atom. The molecule has 0 radical (unpaired) electrons. The van der Waals surface area contributed by atoms with Crippen LogP contribution in [0.5, 0.6) is 11.5 Å². The van der Waals surface area contributed by atoms with Crippen LogP contribution in [0.4, 0.5) is 5.69 Å². The SMILES string of the molecule is COc1ccc(C(C)NCCCSc2ccc(NC(=O)c3cccc4c(=O)c(-c5ccccc5)c[nH]c34)cc2)cc1OC. The Hall–Kier alpha value is -4.53. The van der Waals surface area contributed by atoms with E-state index in [1.54, 1.807) is 50.4 Å². The van der Waals surface area contributed by atoms with Gasteiger partial charge >= 0.3 is 0 Å². The number of aromatic nitrogens is 1. The quantitative estimate of drug-likeness (QED) is 0.104. The number of aromatic amines is 1. The Kier molecular flexibility index (Phi) is 9.81. The van der Waals surface area contributed by atoms with Crippen molar-refractivity contribution in [3.05, 3.63) is 119 Å². The van der Waals surface area contributed by atoms with Crippen LogP contribution >= 0.6 is 11.8 Å². The van der Waals surface area contributed by atoms with E-state index in [1.807, 2.05) is 66.7 Å². The van der Waals surface area contributed by atoms with Crippen molar-refractivity contribution in [2.45, 2.75) is 24.3 Å². The molecule has 0 bridgehead atoms. The standard InChI is InChI=1S/C35H35N3O4S/c1-23(25-13-18-31(41-2)32(21-25)42-3)36-19-8-20-43-27-16-14-26(15-17-27)38-35(40)29-12-7-11-28-33(29)37-22-30(34(28)39)24-9-5-4-6-10-24/h4-7,9-18,21-23,36H,8,19-20H2,1-3H3,(H,37,39)(H,38,40). The van der Waals surface area contributed by atoms with Crippen molar-refractivity contribution in [1.29, 1.82) is 0 Å². The molecule has 0 aliphatic heterocycles. The smallest absolute Gasteiger partial charge is 0.257 e. The minimum absolute atomic E-state index is 0.110. The highest BCUT2D eigenvalue weighted by molar-refractivity contribution is 7.99. The first kappa shape index (κ1) is 29.9. The van der Waals surface area contributed by atoms with Gasteiger partial charge in [-0.05, 0) is 85.3 Å². The molecule has 1 heterocycles. The first-order valence-electron chi connectivity index (χ1n) is 14.2. The number of nitrogens with one attached hydrogen (secondary N) is 3. The van der Waals surface area contributed by atoms with E-state index < -0.39 is 0 Å². The third kappa shape index (κ3) is 7.10. The second-order valence-corrected chi connectivity index (χ2v) is 11.3. The first-order chi connectivity index (χ1) is 21.0. The first-order valence-corrected chi connectivity index (χ1v) is 15.2. The van der Waals surface area contributed by atoms with Gasteiger partial charge < -0.3 is 25.1 Å². The van der Waals surface area contributed by atoms with Crippen LogP contribution in [-0.2, 0) is 0 Å². The number of methoxy groups -OCH3 is 2. The van der Waals surface area contributed by atoms with E-state index >= 15 is 0 Å². The van der Waals surface area contributed by atoms with Gasteiger partial charge in [-0.2, -0.15) is 0 Å². The molecule has 220 valence electrons. The Labute approximate surface area is 255 Å². The van der Waals surface area contributed by atoms with Gasteiger partial charge in [-0.25, -0.2) is 0 Å². The number of rotatable bonds is 12. The van der Waals surface area contributed by atoms with E-state index in [1.165, 1.54) is 0 Å². The van der Waals surface area contributed by atoms with E-state index in [9.17, 15) is 9.59 Å². The molecular weight excluding hydrogens is 558 g/mol. The minimum Gasteiger partial charge on any atom is -0.493 e. The monoisotopic (exact) mass is 593 g/mol. The van der Waals surface area contributed by atoms with Gasteiger partial charge in [-0.1, -0.05) is 42.5 Å². The minimum atomic E-state index is -0.274. The molecule has 0 aliphatic carbocycles. The molecule has 1 aromatic heterocycles. The van der Waals surface area contributed by atoms with Crippen LogP contribution in [0, 0.1) is 0 Å². The van der Waals surface area contributed by atoms with Crippen molar-refractivity contribution in [2.75, 3.05) is 31.8 Å². The van der Waals surface area contributed by atoms with E-state index in [0.29, 0.717) is 27.7 Å². The maximum atomic E-state index is 13.2. The highest BCUT2D eigenvalue weighted by Gasteiger charge is 2.15. The van der Waals surface area contributed by atoms with Crippen LogP contribution in [0.1, 0.15) is 35.3 Å². The van der Waals surface area contributed by atoms with Crippen LogP contribution in [0.2, 0.25) is 0 Å².